The third-order valence-electron chi connectivity index (χ3n) is 3.61. The van der Waals surface area contributed by atoms with Gasteiger partial charge in [0, 0.05) is 10.9 Å². The third kappa shape index (κ3) is 3.62. The maximum absolute atomic E-state index is 12.5. The molecule has 7 heteroatoms. The molecule has 2 heterocycles. The Morgan fingerprint density at radius 1 is 1.15 bits per heavy atom. The maximum Gasteiger partial charge on any atom is 0.203 e. The highest BCUT2D eigenvalue weighted by Gasteiger charge is 2.16. The molecule has 0 saturated heterocycles. The van der Waals surface area contributed by atoms with E-state index in [0.717, 1.165) is 5.01 Å². The summed E-state index contributed by atoms with van der Waals surface area (Å²) in [6, 6.07) is 6.88. The van der Waals surface area contributed by atoms with Crippen molar-refractivity contribution >= 4 is 23.2 Å². The topological polar surface area (TPSA) is 70.8 Å². The summed E-state index contributed by atoms with van der Waals surface area (Å²) in [5.41, 5.74) is 1.11. The number of rotatable bonds is 7. The summed E-state index contributed by atoms with van der Waals surface area (Å²) in [5.74, 6) is 1.80. The summed E-state index contributed by atoms with van der Waals surface area (Å²) in [5, 5.41) is 2.62. The summed E-state index contributed by atoms with van der Waals surface area (Å²) < 4.78 is 21.1. The van der Waals surface area contributed by atoms with Crippen molar-refractivity contribution in [1.82, 2.24) is 4.98 Å². The van der Waals surface area contributed by atoms with Gasteiger partial charge in [-0.2, -0.15) is 0 Å². The van der Waals surface area contributed by atoms with E-state index in [1.54, 1.807) is 30.5 Å². The van der Waals surface area contributed by atoms with Crippen LogP contribution in [0.1, 0.15) is 16.1 Å². The van der Waals surface area contributed by atoms with Gasteiger partial charge in [0.15, 0.2) is 28.1 Å². The van der Waals surface area contributed by atoms with Gasteiger partial charge in [-0.05, 0) is 36.4 Å². The number of ether oxygens (including phenoxy) is 3. The van der Waals surface area contributed by atoms with E-state index in [1.165, 1.54) is 38.7 Å². The van der Waals surface area contributed by atoms with Crippen LogP contribution in [0, 0.1) is 0 Å². The summed E-state index contributed by atoms with van der Waals surface area (Å²) in [6.45, 7) is 0. The molecule has 0 aliphatic rings. The summed E-state index contributed by atoms with van der Waals surface area (Å²) in [6.07, 6.45) is 4.72. The number of hydrogen-bond donors (Lipinski definition) is 0. The van der Waals surface area contributed by atoms with E-state index in [-0.39, 0.29) is 5.78 Å². The molecule has 0 bridgehead atoms. The fourth-order valence-corrected chi connectivity index (χ4v) is 3.11. The molecule has 6 nitrogen and oxygen atoms in total. The molecular weight excluding hydrogens is 354 g/mol. The van der Waals surface area contributed by atoms with E-state index in [1.807, 2.05) is 11.4 Å². The number of allylic oxidation sites excluding steroid dienone is 1. The van der Waals surface area contributed by atoms with Gasteiger partial charge in [-0.15, -0.1) is 11.3 Å². The largest absolute Gasteiger partial charge is 0.493 e. The molecule has 0 aliphatic heterocycles. The fraction of sp³-hybridized carbons (Fsp3) is 0.158. The summed E-state index contributed by atoms with van der Waals surface area (Å²) in [7, 11) is 4.53. The molecule has 1 aromatic carbocycles. The van der Waals surface area contributed by atoms with Gasteiger partial charge in [0.2, 0.25) is 5.75 Å². The number of benzene rings is 1. The zero-order chi connectivity index (χ0) is 18.5. The van der Waals surface area contributed by atoms with Crippen LogP contribution >= 0.6 is 11.3 Å². The fourth-order valence-electron chi connectivity index (χ4n) is 2.36. The number of methoxy groups -OCH3 is 3. The van der Waals surface area contributed by atoms with Crippen molar-refractivity contribution in [2.45, 2.75) is 0 Å². The Hall–Kier alpha value is -3.06. The number of ketones is 1. The van der Waals surface area contributed by atoms with Crippen LogP contribution in [0.5, 0.6) is 17.2 Å². The van der Waals surface area contributed by atoms with Crippen molar-refractivity contribution in [2.75, 3.05) is 21.3 Å². The quantitative estimate of drug-likeness (QED) is 0.455. The number of nitrogens with zero attached hydrogens (tertiary/aromatic N) is 1. The lowest BCUT2D eigenvalue weighted by Crippen LogP contribution is -2.00. The Kier molecular flexibility index (Phi) is 5.38. The number of carbonyl (C=O) groups is 1. The monoisotopic (exact) mass is 371 g/mol. The highest BCUT2D eigenvalue weighted by molar-refractivity contribution is 7.13. The van der Waals surface area contributed by atoms with E-state index in [0.29, 0.717) is 34.3 Å². The number of thiazole rings is 1. The standard InChI is InChI=1S/C19H17NO5S/c1-22-16-9-12(10-17(23-2)18(16)24-3)14(21)7-6-13-11-26-19(20-13)15-5-4-8-25-15/h4-11H,1-3H3/b7-6+. The van der Waals surface area contributed by atoms with E-state index in [2.05, 4.69) is 4.98 Å². The van der Waals surface area contributed by atoms with Crippen LogP contribution in [0.25, 0.3) is 16.8 Å². The molecule has 0 unspecified atom stereocenters. The molecule has 0 radical (unpaired) electrons. The van der Waals surface area contributed by atoms with E-state index in [4.69, 9.17) is 18.6 Å². The number of carbonyl (C=O) groups excluding carboxylic acids is 1. The highest BCUT2D eigenvalue weighted by Crippen LogP contribution is 2.38. The van der Waals surface area contributed by atoms with Crippen LogP contribution < -0.4 is 14.2 Å². The molecule has 134 valence electrons. The first-order valence-corrected chi connectivity index (χ1v) is 8.56. The first-order chi connectivity index (χ1) is 12.7. The molecule has 26 heavy (non-hydrogen) atoms. The van der Waals surface area contributed by atoms with Gasteiger partial charge in [-0.25, -0.2) is 4.98 Å². The van der Waals surface area contributed by atoms with Crippen LogP contribution in [-0.2, 0) is 0 Å². The molecule has 0 amide bonds. The van der Waals surface area contributed by atoms with Crippen molar-refractivity contribution in [3.8, 4) is 28.0 Å². The molecule has 0 N–H and O–H groups in total. The molecule has 0 atom stereocenters. The molecule has 0 aliphatic carbocycles. The molecule has 0 spiro atoms. The van der Waals surface area contributed by atoms with Gasteiger partial charge in [0.1, 0.15) is 0 Å². The molecule has 0 saturated carbocycles. The van der Waals surface area contributed by atoms with Crippen LogP contribution in [0.2, 0.25) is 0 Å². The van der Waals surface area contributed by atoms with Crippen molar-refractivity contribution in [3.05, 3.63) is 53.2 Å². The number of aromatic nitrogens is 1. The van der Waals surface area contributed by atoms with Crippen molar-refractivity contribution < 1.29 is 23.4 Å². The summed E-state index contributed by atoms with van der Waals surface area (Å²) in [4.78, 5) is 16.9. The second-order valence-electron chi connectivity index (χ2n) is 5.17. The predicted molar refractivity (Wildman–Crippen MR) is 99.3 cm³/mol. The Morgan fingerprint density at radius 2 is 1.88 bits per heavy atom. The van der Waals surface area contributed by atoms with Crippen LogP contribution in [0.15, 0.2) is 46.4 Å². The first kappa shape index (κ1) is 17.8. The third-order valence-corrected chi connectivity index (χ3v) is 4.48. The minimum Gasteiger partial charge on any atom is -0.493 e. The van der Waals surface area contributed by atoms with Crippen LogP contribution in [-0.4, -0.2) is 32.1 Å². The Balaban J connectivity index is 1.82. The van der Waals surface area contributed by atoms with Gasteiger partial charge in [0.25, 0.3) is 0 Å². The molecule has 2 aromatic heterocycles. The molecule has 0 fully saturated rings. The Labute approximate surface area is 154 Å². The minimum atomic E-state index is -0.197. The smallest absolute Gasteiger partial charge is 0.203 e. The average molecular weight is 371 g/mol. The lowest BCUT2D eigenvalue weighted by Gasteiger charge is -2.13. The van der Waals surface area contributed by atoms with Gasteiger partial charge < -0.3 is 18.6 Å². The van der Waals surface area contributed by atoms with Gasteiger partial charge in [-0.3, -0.25) is 4.79 Å². The minimum absolute atomic E-state index is 0.197. The van der Waals surface area contributed by atoms with Crippen molar-refractivity contribution in [1.29, 1.82) is 0 Å². The van der Waals surface area contributed by atoms with Crippen LogP contribution in [0.4, 0.5) is 0 Å². The molecule has 3 aromatic rings. The second kappa shape index (κ2) is 7.88. The lowest BCUT2D eigenvalue weighted by atomic mass is 10.1. The van der Waals surface area contributed by atoms with Crippen molar-refractivity contribution in [3.63, 3.8) is 0 Å². The Bertz CT molecular complexity index is 902. The zero-order valence-corrected chi connectivity index (χ0v) is 15.3. The highest BCUT2D eigenvalue weighted by atomic mass is 32.1. The van der Waals surface area contributed by atoms with Gasteiger partial charge in [0.05, 0.1) is 33.3 Å². The zero-order valence-electron chi connectivity index (χ0n) is 14.5. The maximum atomic E-state index is 12.5. The van der Waals surface area contributed by atoms with Gasteiger partial charge in [-0.1, -0.05) is 0 Å². The lowest BCUT2D eigenvalue weighted by molar-refractivity contribution is 0.104. The second-order valence-corrected chi connectivity index (χ2v) is 6.02. The molecule has 3 rings (SSSR count). The normalized spacial score (nSPS) is 10.9. The van der Waals surface area contributed by atoms with E-state index >= 15 is 0 Å². The van der Waals surface area contributed by atoms with E-state index in [9.17, 15) is 4.79 Å². The predicted octanol–water partition coefficient (Wildman–Crippen LogP) is 4.33. The van der Waals surface area contributed by atoms with Gasteiger partial charge >= 0.3 is 0 Å². The Morgan fingerprint density at radius 3 is 2.46 bits per heavy atom. The molecular formula is C19H17NO5S. The van der Waals surface area contributed by atoms with Crippen LogP contribution in [0.3, 0.4) is 0 Å². The van der Waals surface area contributed by atoms with E-state index < -0.39 is 0 Å². The first-order valence-electron chi connectivity index (χ1n) is 7.68. The SMILES string of the molecule is COc1cc(C(=O)/C=C/c2csc(-c3ccco3)n2)cc(OC)c1OC. The average Bonchev–Trinajstić information content (AvgIpc) is 3.36. The summed E-state index contributed by atoms with van der Waals surface area (Å²) >= 11 is 1.45. The van der Waals surface area contributed by atoms with Crippen molar-refractivity contribution in [2.24, 2.45) is 0 Å². The number of furan rings is 1. The number of hydrogen-bond acceptors (Lipinski definition) is 7.